The summed E-state index contributed by atoms with van der Waals surface area (Å²) in [5.41, 5.74) is 4.07. The number of ether oxygens (including phenoxy) is 2. The molecule has 2 N–H and O–H groups in total. The van der Waals surface area contributed by atoms with Crippen LogP contribution in [0.2, 0.25) is 5.02 Å². The minimum absolute atomic E-state index is 0.0618. The average Bonchev–Trinajstić information content (AvgIpc) is 3.14. The van der Waals surface area contributed by atoms with Crippen molar-refractivity contribution in [2.24, 2.45) is 5.92 Å². The second-order valence-electron chi connectivity index (χ2n) is 7.17. The topological polar surface area (TPSA) is 114 Å². The van der Waals surface area contributed by atoms with Crippen LogP contribution in [0.5, 0.6) is 5.75 Å². The predicted octanol–water partition coefficient (Wildman–Crippen LogP) is 2.33. The molecule has 0 aliphatic carbocycles. The van der Waals surface area contributed by atoms with E-state index in [1.807, 2.05) is 6.92 Å². The number of anilines is 1. The summed E-state index contributed by atoms with van der Waals surface area (Å²) in [7, 11) is 1.43. The minimum atomic E-state index is -0.804. The fraction of sp³-hybridized carbons (Fsp3) is 0.273. The lowest BCUT2D eigenvalue weighted by atomic mass is 10.1. The van der Waals surface area contributed by atoms with Crippen LogP contribution in [0.4, 0.5) is 5.69 Å². The molecule has 1 saturated heterocycles. The van der Waals surface area contributed by atoms with Gasteiger partial charge in [0.2, 0.25) is 5.91 Å². The molecule has 1 aliphatic rings. The maximum Gasteiger partial charge on any atom is 0.311 e. The number of nitrogens with one attached hydrogen (secondary N) is 2. The summed E-state index contributed by atoms with van der Waals surface area (Å²) in [6.45, 7) is 1.26. The molecule has 32 heavy (non-hydrogen) atoms. The number of para-hydroxylation sites is 1. The Hall–Kier alpha value is -3.59. The highest BCUT2D eigenvalue weighted by Crippen LogP contribution is 2.21. The first-order valence-electron chi connectivity index (χ1n) is 9.75. The zero-order chi connectivity index (χ0) is 23.3. The summed E-state index contributed by atoms with van der Waals surface area (Å²) in [5, 5.41) is 4.15. The quantitative estimate of drug-likeness (QED) is 0.614. The third-order valence-corrected chi connectivity index (χ3v) is 5.25. The molecule has 9 nitrogen and oxygen atoms in total. The molecule has 3 amide bonds. The first kappa shape index (κ1) is 23.1. The summed E-state index contributed by atoms with van der Waals surface area (Å²) in [6.07, 6.45) is -0.139. The largest absolute Gasteiger partial charge is 0.496 e. The minimum Gasteiger partial charge on any atom is -0.496 e. The van der Waals surface area contributed by atoms with Gasteiger partial charge in [0, 0.05) is 17.1 Å². The number of hydrogen-bond acceptors (Lipinski definition) is 6. The number of rotatable bonds is 7. The summed E-state index contributed by atoms with van der Waals surface area (Å²) in [5.74, 6) is -2.67. The molecule has 1 heterocycles. The molecular weight excluding hydrogens is 438 g/mol. The van der Waals surface area contributed by atoms with E-state index in [1.54, 1.807) is 42.5 Å². The highest BCUT2D eigenvalue weighted by Gasteiger charge is 2.37. The molecule has 0 spiro atoms. The number of halogens is 1. The van der Waals surface area contributed by atoms with Gasteiger partial charge in [0.1, 0.15) is 5.75 Å². The van der Waals surface area contributed by atoms with E-state index in [0.717, 1.165) is 10.6 Å². The van der Waals surface area contributed by atoms with Crippen molar-refractivity contribution in [3.05, 3.63) is 58.6 Å². The lowest BCUT2D eigenvalue weighted by Crippen LogP contribution is -2.43. The number of hydrazine groups is 1. The van der Waals surface area contributed by atoms with Crippen molar-refractivity contribution in [2.75, 3.05) is 25.6 Å². The van der Waals surface area contributed by atoms with Crippen molar-refractivity contribution in [1.29, 1.82) is 0 Å². The third-order valence-electron chi connectivity index (χ3n) is 4.85. The molecule has 0 radical (unpaired) electrons. The number of hydrogen-bond donors (Lipinski definition) is 2. The van der Waals surface area contributed by atoms with E-state index in [1.165, 1.54) is 7.11 Å². The maximum atomic E-state index is 12.5. The zero-order valence-electron chi connectivity index (χ0n) is 17.5. The van der Waals surface area contributed by atoms with Crippen LogP contribution < -0.4 is 15.5 Å². The van der Waals surface area contributed by atoms with Gasteiger partial charge in [-0.25, -0.2) is 0 Å². The van der Waals surface area contributed by atoms with Gasteiger partial charge in [0.15, 0.2) is 6.61 Å². The molecule has 168 valence electrons. The lowest BCUT2D eigenvalue weighted by Gasteiger charge is -2.18. The Morgan fingerprint density at radius 3 is 2.66 bits per heavy atom. The number of amides is 3. The summed E-state index contributed by atoms with van der Waals surface area (Å²) >= 11 is 6.02. The number of carbonyl (C=O) groups is 4. The number of methoxy groups -OCH3 is 1. The van der Waals surface area contributed by atoms with Crippen molar-refractivity contribution in [3.63, 3.8) is 0 Å². The highest BCUT2D eigenvalue weighted by atomic mass is 35.5. The third kappa shape index (κ3) is 5.55. The smallest absolute Gasteiger partial charge is 0.311 e. The van der Waals surface area contributed by atoms with Gasteiger partial charge in [0.25, 0.3) is 11.8 Å². The van der Waals surface area contributed by atoms with Gasteiger partial charge in [0.05, 0.1) is 25.1 Å². The Morgan fingerprint density at radius 1 is 1.19 bits per heavy atom. The number of aryl methyl sites for hydroxylation is 1. The van der Waals surface area contributed by atoms with Crippen LogP contribution in [0.3, 0.4) is 0 Å². The zero-order valence-corrected chi connectivity index (χ0v) is 18.3. The summed E-state index contributed by atoms with van der Waals surface area (Å²) in [4.78, 5) is 49.1. The first-order valence-corrected chi connectivity index (χ1v) is 10.1. The monoisotopic (exact) mass is 459 g/mol. The van der Waals surface area contributed by atoms with Crippen LogP contribution in [0.25, 0.3) is 0 Å². The van der Waals surface area contributed by atoms with Gasteiger partial charge >= 0.3 is 5.97 Å². The van der Waals surface area contributed by atoms with E-state index < -0.39 is 36.2 Å². The maximum absolute atomic E-state index is 12.5. The fourth-order valence-electron chi connectivity index (χ4n) is 3.11. The van der Waals surface area contributed by atoms with E-state index in [-0.39, 0.29) is 18.5 Å². The Kier molecular flexibility index (Phi) is 7.32. The Labute approximate surface area is 189 Å². The van der Waals surface area contributed by atoms with E-state index in [0.29, 0.717) is 16.5 Å². The first-order chi connectivity index (χ1) is 15.3. The van der Waals surface area contributed by atoms with Gasteiger partial charge in [-0.3, -0.25) is 29.6 Å². The molecule has 1 aliphatic heterocycles. The molecule has 10 heteroatoms. The molecule has 0 saturated carbocycles. The number of benzene rings is 2. The van der Waals surface area contributed by atoms with E-state index in [4.69, 9.17) is 21.1 Å². The van der Waals surface area contributed by atoms with Gasteiger partial charge in [-0.2, -0.15) is 0 Å². The van der Waals surface area contributed by atoms with Crippen molar-refractivity contribution >= 4 is 41.0 Å². The van der Waals surface area contributed by atoms with Crippen LogP contribution >= 0.6 is 11.6 Å². The molecule has 2 aromatic rings. The highest BCUT2D eigenvalue weighted by molar-refractivity contribution is 6.31. The van der Waals surface area contributed by atoms with E-state index in [9.17, 15) is 19.2 Å². The van der Waals surface area contributed by atoms with Gasteiger partial charge in [-0.1, -0.05) is 29.8 Å². The number of esters is 1. The van der Waals surface area contributed by atoms with Crippen molar-refractivity contribution in [2.45, 2.75) is 13.3 Å². The Morgan fingerprint density at radius 2 is 1.94 bits per heavy atom. The molecular formula is C22H22ClN3O6. The molecule has 0 bridgehead atoms. The van der Waals surface area contributed by atoms with E-state index in [2.05, 4.69) is 10.7 Å². The van der Waals surface area contributed by atoms with Crippen molar-refractivity contribution < 1.29 is 28.7 Å². The second-order valence-corrected chi connectivity index (χ2v) is 7.57. The summed E-state index contributed by atoms with van der Waals surface area (Å²) < 4.78 is 10.2. The number of carbonyl (C=O) groups excluding carboxylic acids is 4. The van der Waals surface area contributed by atoms with Crippen LogP contribution in [0.15, 0.2) is 42.5 Å². The van der Waals surface area contributed by atoms with Gasteiger partial charge in [-0.05, 0) is 36.8 Å². The SMILES string of the molecule is COc1ccccc1C(=O)NN1C[C@@H](C(=O)OCC(=O)Nc2ccc(C)c(Cl)c2)CC1=O. The standard InChI is InChI=1S/C22H22ClN3O6/c1-13-7-8-15(10-17(13)23)24-19(27)12-32-22(30)14-9-20(28)26(11-14)25-21(29)16-5-3-4-6-18(16)31-2/h3-8,10,14H,9,11-12H2,1-2H3,(H,24,27)(H,25,29)/t14-/m0/s1. The van der Waals surface area contributed by atoms with Gasteiger partial charge < -0.3 is 14.8 Å². The van der Waals surface area contributed by atoms with Gasteiger partial charge in [-0.15, -0.1) is 0 Å². The lowest BCUT2D eigenvalue weighted by molar-refractivity contribution is -0.151. The molecule has 1 atom stereocenters. The molecule has 1 fully saturated rings. The van der Waals surface area contributed by atoms with Crippen molar-refractivity contribution in [1.82, 2.24) is 10.4 Å². The molecule has 2 aromatic carbocycles. The van der Waals surface area contributed by atoms with Crippen molar-refractivity contribution in [3.8, 4) is 5.75 Å². The molecule has 0 aromatic heterocycles. The van der Waals surface area contributed by atoms with Crippen LogP contribution in [0, 0.1) is 12.8 Å². The van der Waals surface area contributed by atoms with Crippen LogP contribution in [-0.2, 0) is 19.1 Å². The Bertz CT molecular complexity index is 1060. The van der Waals surface area contributed by atoms with Crippen LogP contribution in [0.1, 0.15) is 22.3 Å². The predicted molar refractivity (Wildman–Crippen MR) is 116 cm³/mol. The fourth-order valence-corrected chi connectivity index (χ4v) is 3.29. The summed E-state index contributed by atoms with van der Waals surface area (Å²) in [6, 6.07) is 11.6. The average molecular weight is 460 g/mol. The molecule has 3 rings (SSSR count). The number of nitrogens with zero attached hydrogens (tertiary/aromatic N) is 1. The van der Waals surface area contributed by atoms with E-state index >= 15 is 0 Å². The Balaban J connectivity index is 1.50. The van der Waals surface area contributed by atoms with Crippen LogP contribution in [-0.4, -0.2) is 49.0 Å². The second kappa shape index (κ2) is 10.1. The molecule has 0 unspecified atom stereocenters. The normalized spacial score (nSPS) is 15.3.